The summed E-state index contributed by atoms with van der Waals surface area (Å²) in [4.78, 5) is 0. The summed E-state index contributed by atoms with van der Waals surface area (Å²) in [6, 6.07) is 36.0. The lowest BCUT2D eigenvalue weighted by Crippen LogP contribution is -3.00. The third kappa shape index (κ3) is 13.7. The van der Waals surface area contributed by atoms with Gasteiger partial charge in [0.1, 0.15) is 49.2 Å². The third-order valence-corrected chi connectivity index (χ3v) is 14.9. The molecule has 4 fully saturated rings. The molecule has 4 N–H and O–H groups in total. The molecular formula is C50H72Cl4N8O2. The summed E-state index contributed by atoms with van der Waals surface area (Å²) >= 11 is 0. The molecule has 4 saturated heterocycles. The monoisotopic (exact) mass is 956 g/mol. The van der Waals surface area contributed by atoms with Gasteiger partial charge in [-0.1, -0.05) is 0 Å². The van der Waals surface area contributed by atoms with Gasteiger partial charge in [0.15, 0.2) is 0 Å². The molecule has 18 rings (SSSR count). The fraction of sp³-hybridized carbons (Fsp3) is 0.520. The molecule has 4 aromatic rings. The van der Waals surface area contributed by atoms with Crippen LogP contribution in [0.1, 0.15) is 35.1 Å². The van der Waals surface area contributed by atoms with Crippen LogP contribution in [0.15, 0.2) is 97.1 Å². The normalized spacial score (nSPS) is 22.0. The van der Waals surface area contributed by atoms with Gasteiger partial charge in [0.05, 0.1) is 78.5 Å². The molecule has 14 aliphatic heterocycles. The van der Waals surface area contributed by atoms with Crippen molar-refractivity contribution in [1.82, 2.24) is 21.3 Å². The van der Waals surface area contributed by atoms with Gasteiger partial charge in [-0.25, -0.2) is 0 Å². The Hall–Kier alpha value is -2.68. The van der Waals surface area contributed by atoms with Crippen LogP contribution in [-0.2, 0) is 26.2 Å². The first-order valence-electron chi connectivity index (χ1n) is 23.4. The number of quaternary nitrogens is 4. The van der Waals surface area contributed by atoms with E-state index in [2.05, 4.69) is 118 Å². The van der Waals surface area contributed by atoms with Crippen LogP contribution in [0.5, 0.6) is 23.0 Å². The second-order valence-electron chi connectivity index (χ2n) is 19.2. The van der Waals surface area contributed by atoms with Crippen molar-refractivity contribution >= 4 is 0 Å². The van der Waals surface area contributed by atoms with Crippen molar-refractivity contribution in [2.24, 2.45) is 0 Å². The molecule has 0 atom stereocenters. The molecule has 14 heterocycles. The van der Waals surface area contributed by atoms with Crippen LogP contribution in [0.25, 0.3) is 0 Å². The number of halogens is 4. The molecule has 14 heteroatoms. The van der Waals surface area contributed by atoms with Crippen LogP contribution in [0, 0.1) is 0 Å². The van der Waals surface area contributed by atoms with Crippen molar-refractivity contribution < 1.29 is 77.0 Å². The first-order chi connectivity index (χ1) is 29.5. The zero-order chi connectivity index (χ0) is 40.6. The van der Waals surface area contributed by atoms with Gasteiger partial charge in [0, 0.05) is 87.5 Å². The van der Waals surface area contributed by atoms with Gasteiger partial charge in [-0.15, -0.1) is 0 Å². The predicted octanol–water partition coefficient (Wildman–Crippen LogP) is -6.54. The summed E-state index contributed by atoms with van der Waals surface area (Å²) in [7, 11) is 0. The Labute approximate surface area is 408 Å². The molecule has 0 unspecified atom stereocenters. The molecule has 0 radical (unpaired) electrons. The van der Waals surface area contributed by atoms with Gasteiger partial charge >= 0.3 is 0 Å². The van der Waals surface area contributed by atoms with E-state index in [0.29, 0.717) is 0 Å². The van der Waals surface area contributed by atoms with E-state index in [1.807, 2.05) is 0 Å². The number of rotatable bonds is 0. The molecule has 0 saturated carbocycles. The van der Waals surface area contributed by atoms with Gasteiger partial charge < -0.3 is 98.3 Å². The average Bonchev–Trinajstić information content (AvgIpc) is 3.27. The predicted molar refractivity (Wildman–Crippen MR) is 241 cm³/mol. The largest absolute Gasteiger partial charge is 1.00 e. The van der Waals surface area contributed by atoms with E-state index in [1.165, 1.54) is 114 Å². The van der Waals surface area contributed by atoms with Crippen LogP contribution in [0.4, 0.5) is 0 Å². The third-order valence-electron chi connectivity index (χ3n) is 14.9. The van der Waals surface area contributed by atoms with Crippen molar-refractivity contribution in [3.8, 4) is 23.0 Å². The summed E-state index contributed by atoms with van der Waals surface area (Å²) < 4.78 is 17.6. The van der Waals surface area contributed by atoms with Crippen LogP contribution < -0.4 is 80.4 Å². The average molecular weight is 959 g/mol. The maximum absolute atomic E-state index is 6.46. The smallest absolute Gasteiger partial charge is 0.127 e. The Morgan fingerprint density at radius 1 is 0.266 bits per heavy atom. The van der Waals surface area contributed by atoms with Crippen LogP contribution >= 0.6 is 0 Å². The first kappa shape index (κ1) is 52.3. The van der Waals surface area contributed by atoms with E-state index in [0.717, 1.165) is 119 Å². The number of hydrogen-bond donors (Lipinski definition) is 4. The second kappa shape index (κ2) is 24.4. The summed E-state index contributed by atoms with van der Waals surface area (Å²) in [6.45, 7) is 27.4. The maximum Gasteiger partial charge on any atom is 0.127 e. The quantitative estimate of drug-likeness (QED) is 0.132. The van der Waals surface area contributed by atoms with E-state index in [-0.39, 0.29) is 49.6 Å². The molecule has 4 aromatic carbocycles. The highest BCUT2D eigenvalue weighted by molar-refractivity contribution is 5.36. The molecule has 352 valence electrons. The number of hydrogen-bond acceptors (Lipinski definition) is 6. The fourth-order valence-corrected chi connectivity index (χ4v) is 11.3. The molecule has 0 aliphatic carbocycles. The molecule has 4 spiro atoms. The highest BCUT2D eigenvalue weighted by Crippen LogP contribution is 2.29. The van der Waals surface area contributed by atoms with Crippen molar-refractivity contribution in [3.63, 3.8) is 0 Å². The Bertz CT molecular complexity index is 1670. The topological polar surface area (TPSA) is 66.6 Å². The summed E-state index contributed by atoms with van der Waals surface area (Å²) in [5.41, 5.74) is 5.63. The Morgan fingerprint density at radius 2 is 0.453 bits per heavy atom. The minimum atomic E-state index is 0. The fourth-order valence-electron chi connectivity index (χ4n) is 11.3. The van der Waals surface area contributed by atoms with E-state index in [4.69, 9.17) is 9.47 Å². The zero-order valence-electron chi connectivity index (χ0n) is 37.7. The molecule has 14 aliphatic rings. The summed E-state index contributed by atoms with van der Waals surface area (Å²) in [6.07, 6.45) is 2.48. The van der Waals surface area contributed by atoms with E-state index in [9.17, 15) is 0 Å². The van der Waals surface area contributed by atoms with Crippen LogP contribution in [0.2, 0.25) is 0 Å². The molecule has 10 nitrogen and oxygen atoms in total. The molecule has 0 amide bonds. The SMILES string of the molecule is [Cl-].[Cl-].[Cl-].[Cl-].c1cc2ccc1C[N+]1(CCC[N+]3(CCNCC3)Cc3ccc(cc3)Oc3ccc(cc3)C[N+]3(CCC[N+]4(CCNCC4)Cc4ccc(cc4)O2)CCNCC3)CCNCC1. The Kier molecular flexibility index (Phi) is 19.9. The van der Waals surface area contributed by atoms with Crippen molar-refractivity contribution in [2.75, 3.05) is 131 Å². The van der Waals surface area contributed by atoms with Gasteiger partial charge in [-0.05, 0) is 97.1 Å². The van der Waals surface area contributed by atoms with Crippen molar-refractivity contribution in [3.05, 3.63) is 119 Å². The van der Waals surface area contributed by atoms with Crippen LogP contribution in [0.3, 0.4) is 0 Å². The van der Waals surface area contributed by atoms with Crippen molar-refractivity contribution in [2.45, 2.75) is 39.0 Å². The van der Waals surface area contributed by atoms with E-state index < -0.39 is 0 Å². The minimum absolute atomic E-state index is 0. The van der Waals surface area contributed by atoms with E-state index >= 15 is 0 Å². The summed E-state index contributed by atoms with van der Waals surface area (Å²) in [5.74, 6) is 3.67. The second-order valence-corrected chi connectivity index (χ2v) is 19.2. The highest BCUT2D eigenvalue weighted by Gasteiger charge is 2.36. The number of nitrogens with zero attached hydrogens (tertiary/aromatic N) is 4. The van der Waals surface area contributed by atoms with E-state index in [1.54, 1.807) is 0 Å². The van der Waals surface area contributed by atoms with Crippen LogP contribution in [-0.4, -0.2) is 149 Å². The number of piperazine rings is 4. The lowest BCUT2D eigenvalue weighted by molar-refractivity contribution is -0.960. The minimum Gasteiger partial charge on any atom is -1.00 e. The highest BCUT2D eigenvalue weighted by atomic mass is 35.5. The lowest BCUT2D eigenvalue weighted by atomic mass is 10.1. The molecular weight excluding hydrogens is 886 g/mol. The number of nitrogens with one attached hydrogen (secondary N) is 4. The Morgan fingerprint density at radius 3 is 0.641 bits per heavy atom. The maximum atomic E-state index is 6.46. The van der Waals surface area contributed by atoms with Gasteiger partial charge in [-0.3, -0.25) is 0 Å². The first-order valence-corrected chi connectivity index (χ1v) is 23.4. The standard InChI is InChI=1S/C50H72N8O2.4ClH/c1-27-55(31-19-51-20-32-55)39-43-3-11-47(12-4-43)59-49-15-7-45(8-16-49)41-57(35-23-53-24-36-57)29-2-30-58(37-25-54-26-38-58)42-46-9-17-50(18-10-46)60-48-13-5-44(6-14-48)40-56(28-1)33-21-52-22-34-56;;;;/h3-18,51-54H,1-2,19-42H2;4*1H/q+4;;;;/p-4. The number of benzene rings is 4. The van der Waals surface area contributed by atoms with Crippen molar-refractivity contribution in [1.29, 1.82) is 0 Å². The summed E-state index contributed by atoms with van der Waals surface area (Å²) in [5, 5.41) is 14.6. The van der Waals surface area contributed by atoms with Gasteiger partial charge in [0.2, 0.25) is 0 Å². The molecule has 8 bridgehead atoms. The molecule has 64 heavy (non-hydrogen) atoms. The zero-order valence-corrected chi connectivity index (χ0v) is 40.8. The molecule has 0 aromatic heterocycles. The Balaban J connectivity index is 0.00000193. The van der Waals surface area contributed by atoms with Gasteiger partial charge in [-0.2, -0.15) is 0 Å². The number of ether oxygens (including phenoxy) is 2. The van der Waals surface area contributed by atoms with Gasteiger partial charge in [0.25, 0.3) is 0 Å². The lowest BCUT2D eigenvalue weighted by Gasteiger charge is -2.45.